The van der Waals surface area contributed by atoms with Crippen molar-refractivity contribution in [3.05, 3.63) is 29.8 Å². The van der Waals surface area contributed by atoms with Gasteiger partial charge in [0.15, 0.2) is 0 Å². The fourth-order valence-corrected chi connectivity index (χ4v) is 2.31. The van der Waals surface area contributed by atoms with E-state index in [1.54, 1.807) is 0 Å². The van der Waals surface area contributed by atoms with Gasteiger partial charge in [-0.25, -0.2) is 0 Å². The summed E-state index contributed by atoms with van der Waals surface area (Å²) >= 11 is 0. The van der Waals surface area contributed by atoms with Crippen LogP contribution in [0.3, 0.4) is 0 Å². The predicted octanol–water partition coefficient (Wildman–Crippen LogP) is 1.82. The third-order valence-corrected chi connectivity index (χ3v) is 3.48. The molecule has 2 rings (SSSR count). The van der Waals surface area contributed by atoms with Crippen molar-refractivity contribution in [1.29, 1.82) is 0 Å². The molecular formula is C15H22N2O2. The van der Waals surface area contributed by atoms with Crippen LogP contribution in [-0.4, -0.2) is 41.7 Å². The second-order valence-corrected chi connectivity index (χ2v) is 5.50. The highest BCUT2D eigenvalue weighted by molar-refractivity contribution is 5.92. The minimum atomic E-state index is -0.280. The number of anilines is 1. The third-order valence-electron chi connectivity index (χ3n) is 3.48. The van der Waals surface area contributed by atoms with Crippen molar-refractivity contribution < 1.29 is 9.90 Å². The van der Waals surface area contributed by atoms with Gasteiger partial charge in [0.2, 0.25) is 5.91 Å². The van der Waals surface area contributed by atoms with Crippen LogP contribution in [0.15, 0.2) is 24.3 Å². The summed E-state index contributed by atoms with van der Waals surface area (Å²) in [4.78, 5) is 13.8. The number of hydrogen-bond donors (Lipinski definition) is 2. The number of hydrogen-bond acceptors (Lipinski definition) is 3. The van der Waals surface area contributed by atoms with E-state index in [1.165, 1.54) is 5.56 Å². The number of carbonyl (C=O) groups excluding carboxylic acids is 1. The molecule has 1 amide bonds. The highest BCUT2D eigenvalue weighted by Gasteiger charge is 2.21. The van der Waals surface area contributed by atoms with Crippen LogP contribution in [0.4, 0.5) is 5.69 Å². The maximum absolute atomic E-state index is 11.9. The Kier molecular flexibility index (Phi) is 4.56. The van der Waals surface area contributed by atoms with E-state index >= 15 is 0 Å². The van der Waals surface area contributed by atoms with Crippen molar-refractivity contribution >= 4 is 11.6 Å². The van der Waals surface area contributed by atoms with Gasteiger partial charge in [-0.2, -0.15) is 0 Å². The molecule has 1 aromatic carbocycles. The fraction of sp³-hybridized carbons (Fsp3) is 0.533. The molecule has 1 atom stereocenters. The Morgan fingerprint density at radius 2 is 2.11 bits per heavy atom. The van der Waals surface area contributed by atoms with Crippen LogP contribution in [0.2, 0.25) is 0 Å². The first-order chi connectivity index (χ1) is 9.04. The highest BCUT2D eigenvalue weighted by Crippen LogP contribution is 2.17. The number of likely N-dealkylation sites (tertiary alicyclic amines) is 1. The topological polar surface area (TPSA) is 52.6 Å². The van der Waals surface area contributed by atoms with Gasteiger partial charge in [0.05, 0.1) is 12.6 Å². The summed E-state index contributed by atoms with van der Waals surface area (Å²) < 4.78 is 0. The van der Waals surface area contributed by atoms with Crippen molar-refractivity contribution in [2.24, 2.45) is 0 Å². The summed E-state index contributed by atoms with van der Waals surface area (Å²) in [7, 11) is 0. The van der Waals surface area contributed by atoms with E-state index in [0.717, 1.165) is 18.7 Å². The number of amides is 1. The van der Waals surface area contributed by atoms with E-state index in [2.05, 4.69) is 19.2 Å². The molecule has 0 aromatic heterocycles. The molecular weight excluding hydrogens is 240 g/mol. The van der Waals surface area contributed by atoms with Gasteiger partial charge in [0, 0.05) is 18.8 Å². The average Bonchev–Trinajstić information content (AvgIpc) is 2.75. The van der Waals surface area contributed by atoms with Gasteiger partial charge in [0.25, 0.3) is 0 Å². The Morgan fingerprint density at radius 1 is 1.42 bits per heavy atom. The van der Waals surface area contributed by atoms with E-state index in [1.807, 2.05) is 29.2 Å². The first-order valence-corrected chi connectivity index (χ1v) is 6.85. The minimum absolute atomic E-state index is 0.0219. The zero-order valence-corrected chi connectivity index (χ0v) is 11.6. The standard InChI is InChI=1S/C15H22N2O2/c1-11(2)12-3-5-13(6-4-12)16-15(19)10-17-8-7-14(18)9-17/h3-6,11,14,18H,7-10H2,1-2H3,(H,16,19)/t14-/m1/s1. The molecule has 0 unspecified atom stereocenters. The molecule has 1 aliphatic heterocycles. The SMILES string of the molecule is CC(C)c1ccc(NC(=O)CN2CC[C@@H](O)C2)cc1. The Hall–Kier alpha value is -1.39. The van der Waals surface area contributed by atoms with Gasteiger partial charge in [-0.05, 0) is 30.0 Å². The summed E-state index contributed by atoms with van der Waals surface area (Å²) in [6.07, 6.45) is 0.481. The third kappa shape index (κ3) is 4.04. The molecule has 2 N–H and O–H groups in total. The number of aliphatic hydroxyl groups excluding tert-OH is 1. The average molecular weight is 262 g/mol. The van der Waals surface area contributed by atoms with Crippen LogP contribution in [0, 0.1) is 0 Å². The molecule has 104 valence electrons. The molecule has 0 bridgehead atoms. The van der Waals surface area contributed by atoms with Gasteiger partial charge in [-0.15, -0.1) is 0 Å². The van der Waals surface area contributed by atoms with Crippen LogP contribution in [0.25, 0.3) is 0 Å². The van der Waals surface area contributed by atoms with Gasteiger partial charge in [0.1, 0.15) is 0 Å². The Bertz CT molecular complexity index is 428. The largest absolute Gasteiger partial charge is 0.392 e. The lowest BCUT2D eigenvalue weighted by Crippen LogP contribution is -2.32. The van der Waals surface area contributed by atoms with E-state index in [0.29, 0.717) is 19.0 Å². The quantitative estimate of drug-likeness (QED) is 0.870. The molecule has 1 aromatic rings. The fourth-order valence-electron chi connectivity index (χ4n) is 2.31. The summed E-state index contributed by atoms with van der Waals surface area (Å²) in [5, 5.41) is 12.3. The summed E-state index contributed by atoms with van der Waals surface area (Å²) in [5.41, 5.74) is 2.09. The van der Waals surface area contributed by atoms with Crippen LogP contribution in [0.1, 0.15) is 31.7 Å². The summed E-state index contributed by atoms with van der Waals surface area (Å²) in [6.45, 7) is 6.03. The Labute approximate surface area is 114 Å². The molecule has 0 radical (unpaired) electrons. The molecule has 19 heavy (non-hydrogen) atoms. The van der Waals surface area contributed by atoms with E-state index in [-0.39, 0.29) is 12.0 Å². The van der Waals surface area contributed by atoms with Gasteiger partial charge in [-0.3, -0.25) is 9.69 Å². The van der Waals surface area contributed by atoms with Crippen molar-refractivity contribution in [3.8, 4) is 0 Å². The van der Waals surface area contributed by atoms with Crippen LogP contribution < -0.4 is 5.32 Å². The first-order valence-electron chi connectivity index (χ1n) is 6.85. The molecule has 4 heteroatoms. The minimum Gasteiger partial charge on any atom is -0.392 e. The molecule has 0 spiro atoms. The zero-order valence-electron chi connectivity index (χ0n) is 11.6. The lowest BCUT2D eigenvalue weighted by atomic mass is 10.0. The molecule has 0 aliphatic carbocycles. The monoisotopic (exact) mass is 262 g/mol. The second kappa shape index (κ2) is 6.17. The van der Waals surface area contributed by atoms with Gasteiger partial charge < -0.3 is 10.4 Å². The van der Waals surface area contributed by atoms with Gasteiger partial charge >= 0.3 is 0 Å². The number of rotatable bonds is 4. The van der Waals surface area contributed by atoms with Crippen LogP contribution >= 0.6 is 0 Å². The lowest BCUT2D eigenvalue weighted by Gasteiger charge is -2.14. The lowest BCUT2D eigenvalue weighted by molar-refractivity contribution is -0.117. The van der Waals surface area contributed by atoms with Crippen LogP contribution in [0.5, 0.6) is 0 Å². The number of benzene rings is 1. The molecule has 1 fully saturated rings. The number of aliphatic hydroxyl groups is 1. The zero-order chi connectivity index (χ0) is 13.8. The number of β-amino-alcohol motifs (C(OH)–C–C–N with tert-alkyl or cyclic N) is 1. The van der Waals surface area contributed by atoms with Crippen molar-refractivity contribution in [1.82, 2.24) is 4.90 Å². The predicted molar refractivity (Wildman–Crippen MR) is 76.2 cm³/mol. The first kappa shape index (κ1) is 14.0. The smallest absolute Gasteiger partial charge is 0.238 e. The van der Waals surface area contributed by atoms with Gasteiger partial charge in [-0.1, -0.05) is 26.0 Å². The Balaban J connectivity index is 1.85. The summed E-state index contributed by atoms with van der Waals surface area (Å²) in [6, 6.07) is 7.96. The molecule has 1 saturated heterocycles. The number of nitrogens with zero attached hydrogens (tertiary/aromatic N) is 1. The maximum atomic E-state index is 11.9. The molecule has 1 aliphatic rings. The highest BCUT2D eigenvalue weighted by atomic mass is 16.3. The molecule has 0 saturated carbocycles. The van der Waals surface area contributed by atoms with Crippen LogP contribution in [-0.2, 0) is 4.79 Å². The van der Waals surface area contributed by atoms with Crippen molar-refractivity contribution in [2.75, 3.05) is 25.0 Å². The van der Waals surface area contributed by atoms with E-state index < -0.39 is 0 Å². The normalized spacial score (nSPS) is 19.9. The second-order valence-electron chi connectivity index (χ2n) is 5.50. The number of nitrogens with one attached hydrogen (secondary N) is 1. The molecule has 4 nitrogen and oxygen atoms in total. The van der Waals surface area contributed by atoms with Crippen molar-refractivity contribution in [3.63, 3.8) is 0 Å². The van der Waals surface area contributed by atoms with E-state index in [4.69, 9.17) is 0 Å². The summed E-state index contributed by atoms with van der Waals surface area (Å²) in [5.74, 6) is 0.474. The van der Waals surface area contributed by atoms with Crippen molar-refractivity contribution in [2.45, 2.75) is 32.3 Å². The van der Waals surface area contributed by atoms with E-state index in [9.17, 15) is 9.90 Å². The maximum Gasteiger partial charge on any atom is 0.238 e. The molecule has 1 heterocycles. The Morgan fingerprint density at radius 3 is 2.63 bits per heavy atom. The number of carbonyl (C=O) groups is 1.